The highest BCUT2D eigenvalue weighted by molar-refractivity contribution is 5.94. The molecule has 0 aliphatic heterocycles. The first-order valence-corrected chi connectivity index (χ1v) is 7.35. The quantitative estimate of drug-likeness (QED) is 0.858. The number of anilines is 1. The number of aryl methyl sites for hydroxylation is 1. The third-order valence-electron chi connectivity index (χ3n) is 3.18. The van der Waals surface area contributed by atoms with Crippen LogP contribution in [0.3, 0.4) is 0 Å². The van der Waals surface area contributed by atoms with E-state index in [4.69, 9.17) is 10.5 Å². The highest BCUT2D eigenvalue weighted by Gasteiger charge is 2.07. The Hall–Kier alpha value is -2.49. The first kappa shape index (κ1) is 15.9. The first-order valence-electron chi connectivity index (χ1n) is 7.35. The van der Waals surface area contributed by atoms with E-state index in [9.17, 15) is 4.79 Å². The lowest BCUT2D eigenvalue weighted by Crippen LogP contribution is -2.12. The zero-order valence-corrected chi connectivity index (χ0v) is 13.2. The molecule has 2 rings (SSSR count). The zero-order valence-electron chi connectivity index (χ0n) is 13.2. The number of rotatable bonds is 6. The van der Waals surface area contributed by atoms with Gasteiger partial charge in [0.05, 0.1) is 6.10 Å². The lowest BCUT2D eigenvalue weighted by Gasteiger charge is -2.15. The number of amides is 1. The number of primary amides is 1. The van der Waals surface area contributed by atoms with E-state index in [1.54, 1.807) is 12.1 Å². The predicted molar refractivity (Wildman–Crippen MR) is 89.2 cm³/mol. The van der Waals surface area contributed by atoms with Gasteiger partial charge >= 0.3 is 0 Å². The van der Waals surface area contributed by atoms with E-state index in [1.807, 2.05) is 51.1 Å². The van der Waals surface area contributed by atoms with Crippen LogP contribution in [0.4, 0.5) is 5.69 Å². The maximum Gasteiger partial charge on any atom is 0.248 e. The molecule has 1 amide bonds. The number of hydrogen-bond acceptors (Lipinski definition) is 3. The van der Waals surface area contributed by atoms with Crippen molar-refractivity contribution in [3.63, 3.8) is 0 Å². The van der Waals surface area contributed by atoms with E-state index in [2.05, 4.69) is 5.32 Å². The van der Waals surface area contributed by atoms with Gasteiger partial charge < -0.3 is 15.8 Å². The maximum absolute atomic E-state index is 11.3. The largest absolute Gasteiger partial charge is 0.491 e. The van der Waals surface area contributed by atoms with Gasteiger partial charge in [0.2, 0.25) is 5.91 Å². The zero-order chi connectivity index (χ0) is 16.1. The highest BCUT2D eigenvalue weighted by Crippen LogP contribution is 2.21. The van der Waals surface area contributed by atoms with Gasteiger partial charge in [-0.1, -0.05) is 18.2 Å². The van der Waals surface area contributed by atoms with Gasteiger partial charge in [0.15, 0.2) is 0 Å². The molecule has 116 valence electrons. The van der Waals surface area contributed by atoms with Crippen molar-refractivity contribution in [2.24, 2.45) is 5.73 Å². The number of carbonyl (C=O) groups is 1. The molecule has 0 fully saturated rings. The molecule has 0 atom stereocenters. The Labute approximate surface area is 131 Å². The van der Waals surface area contributed by atoms with Crippen LogP contribution in [0.15, 0.2) is 42.5 Å². The molecule has 0 bridgehead atoms. The third-order valence-corrected chi connectivity index (χ3v) is 3.18. The Kier molecular flexibility index (Phi) is 5.04. The monoisotopic (exact) mass is 298 g/mol. The number of nitrogens with one attached hydrogen (secondary N) is 1. The average molecular weight is 298 g/mol. The molecule has 22 heavy (non-hydrogen) atoms. The SMILES string of the molecule is Cc1cc(NCc2ccccc2OC(C)C)cc(C(N)=O)c1. The smallest absolute Gasteiger partial charge is 0.248 e. The van der Waals surface area contributed by atoms with Crippen LogP contribution < -0.4 is 15.8 Å². The summed E-state index contributed by atoms with van der Waals surface area (Å²) in [5.74, 6) is 0.447. The molecule has 0 aliphatic carbocycles. The van der Waals surface area contributed by atoms with Crippen LogP contribution in [0.25, 0.3) is 0 Å². The highest BCUT2D eigenvalue weighted by atomic mass is 16.5. The van der Waals surface area contributed by atoms with E-state index in [1.165, 1.54) is 0 Å². The number of carbonyl (C=O) groups excluding carboxylic acids is 1. The van der Waals surface area contributed by atoms with Crippen molar-refractivity contribution in [3.8, 4) is 5.75 Å². The van der Waals surface area contributed by atoms with Crippen molar-refractivity contribution in [1.82, 2.24) is 0 Å². The first-order chi connectivity index (χ1) is 10.5. The molecule has 0 heterocycles. The van der Waals surface area contributed by atoms with Crippen molar-refractivity contribution >= 4 is 11.6 Å². The van der Waals surface area contributed by atoms with E-state index in [0.717, 1.165) is 22.6 Å². The van der Waals surface area contributed by atoms with Crippen molar-refractivity contribution in [1.29, 1.82) is 0 Å². The summed E-state index contributed by atoms with van der Waals surface area (Å²) in [4.78, 5) is 11.3. The standard InChI is InChI=1S/C18H22N2O2/c1-12(2)22-17-7-5-4-6-14(17)11-20-16-9-13(3)8-15(10-16)18(19)21/h4-10,12,20H,11H2,1-3H3,(H2,19,21). The topological polar surface area (TPSA) is 64.3 Å². The summed E-state index contributed by atoms with van der Waals surface area (Å²) < 4.78 is 5.81. The second kappa shape index (κ2) is 6.98. The third kappa shape index (κ3) is 4.25. The van der Waals surface area contributed by atoms with Gasteiger partial charge in [-0.3, -0.25) is 4.79 Å². The minimum Gasteiger partial charge on any atom is -0.491 e. The molecule has 0 aromatic heterocycles. The van der Waals surface area contributed by atoms with Crippen LogP contribution in [0.2, 0.25) is 0 Å². The Morgan fingerprint density at radius 1 is 1.23 bits per heavy atom. The fourth-order valence-electron chi connectivity index (χ4n) is 2.24. The summed E-state index contributed by atoms with van der Waals surface area (Å²) in [5, 5.41) is 3.32. The molecule has 4 heteroatoms. The Morgan fingerprint density at radius 3 is 2.64 bits per heavy atom. The van der Waals surface area contributed by atoms with Gasteiger partial charge in [-0.2, -0.15) is 0 Å². The number of nitrogens with two attached hydrogens (primary N) is 1. The summed E-state index contributed by atoms with van der Waals surface area (Å²) in [5.41, 5.74) is 8.79. The molecule has 3 N–H and O–H groups in total. The summed E-state index contributed by atoms with van der Waals surface area (Å²) in [6, 6.07) is 13.5. The molecule has 2 aromatic carbocycles. The van der Waals surface area contributed by atoms with Crippen molar-refractivity contribution in [2.75, 3.05) is 5.32 Å². The number of benzene rings is 2. The Bertz CT molecular complexity index is 666. The molecule has 0 spiro atoms. The van der Waals surface area contributed by atoms with E-state index >= 15 is 0 Å². The van der Waals surface area contributed by atoms with E-state index < -0.39 is 5.91 Å². The molecular weight excluding hydrogens is 276 g/mol. The number of ether oxygens (including phenoxy) is 1. The number of hydrogen-bond donors (Lipinski definition) is 2. The van der Waals surface area contributed by atoms with Crippen LogP contribution >= 0.6 is 0 Å². The maximum atomic E-state index is 11.3. The van der Waals surface area contributed by atoms with Gasteiger partial charge in [-0.15, -0.1) is 0 Å². The van der Waals surface area contributed by atoms with Crippen LogP contribution in [0, 0.1) is 6.92 Å². The molecule has 0 saturated carbocycles. The van der Waals surface area contributed by atoms with Crippen molar-refractivity contribution < 1.29 is 9.53 Å². The fourth-order valence-corrected chi connectivity index (χ4v) is 2.24. The minimum absolute atomic E-state index is 0.126. The summed E-state index contributed by atoms with van der Waals surface area (Å²) in [6.07, 6.45) is 0.126. The van der Waals surface area contributed by atoms with Gasteiger partial charge in [0, 0.05) is 23.4 Å². The molecule has 0 saturated heterocycles. The van der Waals surface area contributed by atoms with Crippen molar-refractivity contribution in [2.45, 2.75) is 33.4 Å². The van der Waals surface area contributed by atoms with E-state index in [0.29, 0.717) is 12.1 Å². The fraction of sp³-hybridized carbons (Fsp3) is 0.278. The summed E-state index contributed by atoms with van der Waals surface area (Å²) in [6.45, 7) is 6.56. The van der Waals surface area contributed by atoms with Gasteiger partial charge in [0.25, 0.3) is 0 Å². The molecule has 0 unspecified atom stereocenters. The average Bonchev–Trinajstić information content (AvgIpc) is 2.45. The van der Waals surface area contributed by atoms with Gasteiger partial charge in [0.1, 0.15) is 5.75 Å². The second-order valence-corrected chi connectivity index (χ2v) is 5.58. The molecule has 2 aromatic rings. The van der Waals surface area contributed by atoms with Crippen LogP contribution in [-0.2, 0) is 6.54 Å². The van der Waals surface area contributed by atoms with Crippen LogP contribution in [-0.4, -0.2) is 12.0 Å². The molecular formula is C18H22N2O2. The number of para-hydroxylation sites is 1. The Morgan fingerprint density at radius 2 is 1.95 bits per heavy atom. The summed E-state index contributed by atoms with van der Waals surface area (Å²) >= 11 is 0. The summed E-state index contributed by atoms with van der Waals surface area (Å²) in [7, 11) is 0. The van der Waals surface area contributed by atoms with Gasteiger partial charge in [-0.05, 0) is 50.6 Å². The Balaban J connectivity index is 2.15. The predicted octanol–water partition coefficient (Wildman–Crippen LogP) is 3.49. The molecule has 0 radical (unpaired) electrons. The molecule has 4 nitrogen and oxygen atoms in total. The van der Waals surface area contributed by atoms with Crippen LogP contribution in [0.5, 0.6) is 5.75 Å². The molecule has 0 aliphatic rings. The van der Waals surface area contributed by atoms with Crippen molar-refractivity contribution in [3.05, 3.63) is 59.2 Å². The van der Waals surface area contributed by atoms with Gasteiger partial charge in [-0.25, -0.2) is 0 Å². The minimum atomic E-state index is -0.421. The second-order valence-electron chi connectivity index (χ2n) is 5.58. The van der Waals surface area contributed by atoms with Crippen LogP contribution in [0.1, 0.15) is 35.3 Å². The van der Waals surface area contributed by atoms with E-state index in [-0.39, 0.29) is 6.10 Å². The normalized spacial score (nSPS) is 10.5. The lowest BCUT2D eigenvalue weighted by molar-refractivity contribution is 0.1000. The lowest BCUT2D eigenvalue weighted by atomic mass is 10.1.